The summed E-state index contributed by atoms with van der Waals surface area (Å²) in [5.74, 6) is 1.86. The second kappa shape index (κ2) is 13.8. The van der Waals surface area contributed by atoms with E-state index >= 15 is 0 Å². The normalized spacial score (nSPS) is 14.2. The Balaban J connectivity index is 1.38. The number of aryl methyl sites for hydroxylation is 1. The lowest BCUT2D eigenvalue weighted by Crippen LogP contribution is -2.53. The van der Waals surface area contributed by atoms with Gasteiger partial charge in [0.1, 0.15) is 18.2 Å². The Morgan fingerprint density at radius 2 is 1.92 bits per heavy atom. The van der Waals surface area contributed by atoms with Crippen molar-refractivity contribution in [2.24, 2.45) is 5.92 Å². The molecule has 0 bridgehead atoms. The van der Waals surface area contributed by atoms with Crippen molar-refractivity contribution >= 4 is 28.2 Å². The van der Waals surface area contributed by atoms with Gasteiger partial charge < -0.3 is 20.1 Å². The van der Waals surface area contributed by atoms with Crippen LogP contribution in [0, 0.1) is 12.8 Å². The number of pyridine rings is 1. The first kappa shape index (κ1) is 28.1. The van der Waals surface area contributed by atoms with Crippen molar-refractivity contribution in [2.45, 2.75) is 33.3 Å². The van der Waals surface area contributed by atoms with Crippen LogP contribution in [0.15, 0.2) is 79.3 Å². The van der Waals surface area contributed by atoms with Crippen molar-refractivity contribution in [3.05, 3.63) is 85.0 Å². The maximum atomic E-state index is 13.0. The first-order valence-corrected chi connectivity index (χ1v) is 13.5. The molecule has 1 saturated heterocycles. The molecule has 0 spiro atoms. The molecular weight excluding hydrogens is 490 g/mol. The number of ether oxygens (including phenoxy) is 2. The number of allylic oxidation sites excluding steroid dienone is 1. The van der Waals surface area contributed by atoms with E-state index in [1.54, 1.807) is 12.3 Å². The topological polar surface area (TPSA) is 87.8 Å². The Morgan fingerprint density at radius 1 is 1.13 bits per heavy atom. The molecule has 0 saturated carbocycles. The van der Waals surface area contributed by atoms with Gasteiger partial charge in [0.25, 0.3) is 0 Å². The van der Waals surface area contributed by atoms with Crippen LogP contribution in [0.1, 0.15) is 26.0 Å². The molecule has 1 aliphatic heterocycles. The number of carbonyl (C=O) groups is 1. The highest BCUT2D eigenvalue weighted by Gasteiger charge is 2.26. The number of likely N-dealkylation sites (tertiary alicyclic amines) is 1. The third-order valence-electron chi connectivity index (χ3n) is 6.40. The summed E-state index contributed by atoms with van der Waals surface area (Å²) in [7, 11) is 0. The van der Waals surface area contributed by atoms with E-state index in [9.17, 15) is 4.79 Å². The third-order valence-corrected chi connectivity index (χ3v) is 6.40. The lowest BCUT2D eigenvalue weighted by molar-refractivity contribution is -0.0470. The molecule has 2 amide bonds. The number of fused-ring (bicyclic) bond motifs is 1. The van der Waals surface area contributed by atoms with E-state index in [0.29, 0.717) is 30.6 Å². The number of carbonyl (C=O) groups excluding carboxylic acids is 1. The molecule has 8 heteroatoms. The maximum absolute atomic E-state index is 13.0. The molecule has 0 unspecified atom stereocenters. The van der Waals surface area contributed by atoms with Crippen LogP contribution in [-0.2, 0) is 4.74 Å². The van der Waals surface area contributed by atoms with Gasteiger partial charge in [0, 0.05) is 36.1 Å². The molecule has 0 atom stereocenters. The van der Waals surface area contributed by atoms with E-state index < -0.39 is 0 Å². The zero-order valence-corrected chi connectivity index (χ0v) is 23.1. The molecule has 1 fully saturated rings. The first-order valence-electron chi connectivity index (χ1n) is 13.5. The second-order valence-electron chi connectivity index (χ2n) is 10.1. The number of urea groups is 1. The minimum absolute atomic E-state index is 0.282. The number of nitrogens with one attached hydrogen (secondary N) is 3. The number of hydrogen-bond acceptors (Lipinski definition) is 6. The number of amides is 2. The largest absolute Gasteiger partial charge is 0.492 e. The second-order valence-corrected chi connectivity index (χ2v) is 10.1. The summed E-state index contributed by atoms with van der Waals surface area (Å²) in [6, 6.07) is 15.3. The number of rotatable bonds is 13. The highest BCUT2D eigenvalue weighted by Crippen LogP contribution is 2.31. The van der Waals surface area contributed by atoms with Gasteiger partial charge in [-0.15, -0.1) is 6.58 Å². The van der Waals surface area contributed by atoms with Gasteiger partial charge >= 0.3 is 6.03 Å². The number of hydrogen-bond donors (Lipinski definition) is 3. The molecule has 39 heavy (non-hydrogen) atoms. The Bertz CT molecular complexity index is 1280. The zero-order valence-electron chi connectivity index (χ0n) is 23.1. The van der Waals surface area contributed by atoms with Gasteiger partial charge in [0.2, 0.25) is 0 Å². The quantitative estimate of drug-likeness (QED) is 0.238. The summed E-state index contributed by atoms with van der Waals surface area (Å²) < 4.78 is 11.8. The van der Waals surface area contributed by atoms with Crippen LogP contribution in [0.25, 0.3) is 10.8 Å². The fourth-order valence-electron chi connectivity index (χ4n) is 4.27. The van der Waals surface area contributed by atoms with E-state index in [-0.39, 0.29) is 12.1 Å². The van der Waals surface area contributed by atoms with Crippen molar-refractivity contribution in [3.8, 4) is 5.75 Å². The molecule has 206 valence electrons. The highest BCUT2D eigenvalue weighted by atomic mass is 16.5. The zero-order chi connectivity index (χ0) is 27.6. The van der Waals surface area contributed by atoms with E-state index in [1.807, 2.05) is 61.5 Å². The number of aromatic nitrogens is 1. The third kappa shape index (κ3) is 8.30. The summed E-state index contributed by atoms with van der Waals surface area (Å²) in [4.78, 5) is 19.7. The van der Waals surface area contributed by atoms with Gasteiger partial charge in [-0.05, 0) is 49.6 Å². The smallest absolute Gasteiger partial charge is 0.324 e. The van der Waals surface area contributed by atoms with Gasteiger partial charge in [-0.1, -0.05) is 44.2 Å². The molecule has 3 aromatic rings. The molecule has 2 aromatic carbocycles. The van der Waals surface area contributed by atoms with Crippen LogP contribution in [0.5, 0.6) is 5.75 Å². The van der Waals surface area contributed by atoms with Crippen LogP contribution in [0.3, 0.4) is 0 Å². The van der Waals surface area contributed by atoms with Crippen LogP contribution < -0.4 is 20.7 Å². The lowest BCUT2D eigenvalue weighted by atomic mass is 10.1. The molecule has 8 nitrogen and oxygen atoms in total. The predicted octanol–water partition coefficient (Wildman–Crippen LogP) is 5.93. The minimum Gasteiger partial charge on any atom is -0.492 e. The molecule has 3 N–H and O–H groups in total. The van der Waals surface area contributed by atoms with Crippen LogP contribution in [0.2, 0.25) is 0 Å². The molecule has 4 rings (SSSR count). The Labute approximate surface area is 231 Å². The van der Waals surface area contributed by atoms with E-state index in [4.69, 9.17) is 9.47 Å². The maximum Gasteiger partial charge on any atom is 0.324 e. The number of anilines is 2. The lowest BCUT2D eigenvalue weighted by Gasteiger charge is -2.38. The summed E-state index contributed by atoms with van der Waals surface area (Å²) >= 11 is 0. The Kier molecular flexibility index (Phi) is 9.94. The van der Waals surface area contributed by atoms with Crippen molar-refractivity contribution in [3.63, 3.8) is 0 Å². The van der Waals surface area contributed by atoms with Crippen LogP contribution >= 0.6 is 0 Å². The average Bonchev–Trinajstić information content (AvgIpc) is 2.90. The summed E-state index contributed by atoms with van der Waals surface area (Å²) in [5, 5.41) is 11.1. The predicted molar refractivity (Wildman–Crippen MR) is 158 cm³/mol. The summed E-state index contributed by atoms with van der Waals surface area (Å²) in [6.45, 7) is 13.7. The minimum atomic E-state index is -0.331. The highest BCUT2D eigenvalue weighted by molar-refractivity contribution is 6.04. The monoisotopic (exact) mass is 529 g/mol. The van der Waals surface area contributed by atoms with Gasteiger partial charge in [0.15, 0.2) is 0 Å². The number of benzene rings is 2. The molecule has 2 heterocycles. The molecule has 1 aliphatic rings. The van der Waals surface area contributed by atoms with E-state index in [0.717, 1.165) is 54.0 Å². The van der Waals surface area contributed by atoms with Gasteiger partial charge in [-0.3, -0.25) is 15.2 Å². The van der Waals surface area contributed by atoms with Crippen molar-refractivity contribution in [1.82, 2.24) is 15.2 Å². The van der Waals surface area contributed by atoms with Gasteiger partial charge in [-0.25, -0.2) is 4.79 Å². The van der Waals surface area contributed by atoms with E-state index in [1.165, 1.54) is 0 Å². The average molecular weight is 530 g/mol. The number of nitrogens with zero attached hydrogens (tertiary/aromatic N) is 2. The van der Waals surface area contributed by atoms with Crippen LogP contribution in [-0.4, -0.2) is 54.9 Å². The van der Waals surface area contributed by atoms with Gasteiger partial charge in [0.05, 0.1) is 30.3 Å². The molecular formula is C31H39N5O3. The van der Waals surface area contributed by atoms with Gasteiger partial charge in [-0.2, -0.15) is 0 Å². The molecule has 1 aromatic heterocycles. The first-order chi connectivity index (χ1) is 18.9. The Hall–Kier alpha value is -3.88. The fraction of sp³-hybridized carbons (Fsp3) is 0.355. The standard InChI is InChI=1S/C31H39N5O3/c1-5-17-38-25-20-36(21-25)16-18-39-29-14-13-28(26-8-6-7-9-27(26)29)34-31(37)35-30(15-10-22(2)3)33-24-12-11-23(4)32-19-24/h5-9,11-15,19,22,25,33H,1,10,16-18,20-21H2,2-4H3,(H2,34,35,37)/b30-15+. The summed E-state index contributed by atoms with van der Waals surface area (Å²) in [5.41, 5.74) is 2.45. The van der Waals surface area contributed by atoms with Crippen molar-refractivity contribution in [2.75, 3.05) is 43.5 Å². The fourth-order valence-corrected chi connectivity index (χ4v) is 4.27. The van der Waals surface area contributed by atoms with Crippen LogP contribution in [0.4, 0.5) is 16.2 Å². The molecule has 0 radical (unpaired) electrons. The van der Waals surface area contributed by atoms with E-state index in [2.05, 4.69) is 46.3 Å². The molecule has 0 aliphatic carbocycles. The summed E-state index contributed by atoms with van der Waals surface area (Å²) in [6.07, 6.45) is 6.62. The van der Waals surface area contributed by atoms with Crippen molar-refractivity contribution < 1.29 is 14.3 Å². The SMILES string of the molecule is C=CCOC1CN(CCOc2ccc(NC(=O)N/C(=C/CC(C)C)Nc3ccc(C)nc3)c3ccccc23)C1. The Morgan fingerprint density at radius 3 is 2.64 bits per heavy atom. The van der Waals surface area contributed by atoms with Crippen molar-refractivity contribution in [1.29, 1.82) is 0 Å².